The number of carbonyl (C=O) groups excluding carboxylic acids is 1. The molecule has 2 aromatic rings. The summed E-state index contributed by atoms with van der Waals surface area (Å²) in [6.07, 6.45) is 6.14. The molecule has 2 aromatic heterocycles. The third-order valence-electron chi connectivity index (χ3n) is 6.97. The number of methoxy groups -OCH3 is 1. The molecule has 184 valence electrons. The van der Waals surface area contributed by atoms with Crippen LogP contribution in [0.25, 0.3) is 0 Å². The number of hydrogen-bond donors (Lipinski definition) is 1. The van der Waals surface area contributed by atoms with Gasteiger partial charge in [-0.05, 0) is 44.4 Å². The summed E-state index contributed by atoms with van der Waals surface area (Å²) in [6, 6.07) is 5.14. The van der Waals surface area contributed by atoms with E-state index in [-0.39, 0.29) is 29.6 Å². The highest BCUT2D eigenvalue weighted by Crippen LogP contribution is 2.44. The fourth-order valence-electron chi connectivity index (χ4n) is 5.11. The lowest BCUT2D eigenvalue weighted by Crippen LogP contribution is -2.54. The van der Waals surface area contributed by atoms with E-state index in [4.69, 9.17) is 10.3 Å². The molecule has 2 aliphatic rings. The number of aryl methyl sites for hydroxylation is 1. The molecule has 8 nitrogen and oxygen atoms in total. The Bertz CT molecular complexity index is 1210. The van der Waals surface area contributed by atoms with Crippen LogP contribution in [-0.2, 0) is 11.8 Å². The van der Waals surface area contributed by atoms with E-state index in [2.05, 4.69) is 33.9 Å². The molecule has 0 spiro atoms. The van der Waals surface area contributed by atoms with Gasteiger partial charge < -0.3 is 9.64 Å². The van der Waals surface area contributed by atoms with Crippen LogP contribution < -0.4 is 4.74 Å². The van der Waals surface area contributed by atoms with Gasteiger partial charge in [-0.2, -0.15) is 0 Å². The number of fused-ring (bicyclic) bond motifs is 1. The molecule has 0 bridgehead atoms. The zero-order valence-electron chi connectivity index (χ0n) is 20.7. The van der Waals surface area contributed by atoms with Crippen molar-refractivity contribution < 1.29 is 13.9 Å². The van der Waals surface area contributed by atoms with Gasteiger partial charge in [0.15, 0.2) is 0 Å². The summed E-state index contributed by atoms with van der Waals surface area (Å²) in [5.74, 6) is 0.103. The summed E-state index contributed by atoms with van der Waals surface area (Å²) in [5, 5.41) is 3.39. The average Bonchev–Trinajstić information content (AvgIpc) is 2.82. The fourth-order valence-corrected chi connectivity index (χ4v) is 5.11. The van der Waals surface area contributed by atoms with Gasteiger partial charge >= 0.3 is 0 Å². The van der Waals surface area contributed by atoms with Gasteiger partial charge in [0.2, 0.25) is 5.88 Å². The maximum absolute atomic E-state index is 14.7. The first-order chi connectivity index (χ1) is 16.7. The first-order valence-electron chi connectivity index (χ1n) is 11.8. The van der Waals surface area contributed by atoms with Gasteiger partial charge in [0.05, 0.1) is 29.8 Å². The van der Waals surface area contributed by atoms with Crippen molar-refractivity contribution in [1.29, 1.82) is 5.53 Å². The smallest absolute Gasteiger partial charge is 0.268 e. The van der Waals surface area contributed by atoms with Crippen molar-refractivity contribution in [2.24, 2.45) is 17.0 Å². The standard InChI is InChI=1S/C26H31FN6O2/c1-15(2)11-12-33-20(13-19-23(24(33)34)16(3)29-25(30-19)32-28)18-10-9-17(27)14-26(18,4)21-7-6-8-22(31-21)35-5/h6-10,14-15,18,20,28H,11-13H2,1-5H3/t18?,20-,26?/m1/s1. The molecule has 0 saturated carbocycles. The maximum Gasteiger partial charge on any atom is 0.268 e. The monoisotopic (exact) mass is 478 g/mol. The molecule has 0 aromatic carbocycles. The minimum absolute atomic E-state index is 0.0331. The predicted molar refractivity (Wildman–Crippen MR) is 130 cm³/mol. The van der Waals surface area contributed by atoms with Crippen LogP contribution in [0.3, 0.4) is 0 Å². The number of rotatable bonds is 7. The van der Waals surface area contributed by atoms with Gasteiger partial charge in [0.1, 0.15) is 5.83 Å². The van der Waals surface area contributed by atoms with E-state index in [1.54, 1.807) is 26.2 Å². The fraction of sp³-hybridized carbons (Fsp3) is 0.462. The van der Waals surface area contributed by atoms with Gasteiger partial charge in [-0.3, -0.25) is 4.79 Å². The number of nitrogens with one attached hydrogen (secondary N) is 1. The predicted octanol–water partition coefficient (Wildman–Crippen LogP) is 5.26. The summed E-state index contributed by atoms with van der Waals surface area (Å²) in [4.78, 5) is 29.0. The van der Waals surface area contributed by atoms with E-state index in [1.165, 1.54) is 6.08 Å². The summed E-state index contributed by atoms with van der Waals surface area (Å²) < 4.78 is 20.0. The van der Waals surface area contributed by atoms with Crippen molar-refractivity contribution in [3.05, 3.63) is 64.9 Å². The maximum atomic E-state index is 14.7. The number of aromatic nitrogens is 3. The number of allylic oxidation sites excluding steroid dienone is 3. The lowest BCUT2D eigenvalue weighted by atomic mass is 9.66. The molecule has 35 heavy (non-hydrogen) atoms. The number of halogens is 1. The van der Waals surface area contributed by atoms with Crippen LogP contribution in [0.4, 0.5) is 10.3 Å². The molecule has 1 N–H and O–H groups in total. The first kappa shape index (κ1) is 24.6. The summed E-state index contributed by atoms with van der Waals surface area (Å²) >= 11 is 0. The molecule has 1 amide bonds. The molecule has 0 radical (unpaired) electrons. The largest absolute Gasteiger partial charge is 0.481 e. The van der Waals surface area contributed by atoms with Gasteiger partial charge in [0.25, 0.3) is 11.9 Å². The number of carbonyl (C=O) groups is 1. The van der Waals surface area contributed by atoms with Gasteiger partial charge in [-0.25, -0.2) is 24.9 Å². The molecular formula is C26H31FN6O2. The number of pyridine rings is 1. The first-order valence-corrected chi connectivity index (χ1v) is 11.8. The second-order valence-electron chi connectivity index (χ2n) is 9.76. The highest BCUT2D eigenvalue weighted by atomic mass is 19.1. The Morgan fingerprint density at radius 3 is 2.77 bits per heavy atom. The van der Waals surface area contributed by atoms with Crippen molar-refractivity contribution in [3.63, 3.8) is 0 Å². The highest BCUT2D eigenvalue weighted by Gasteiger charge is 2.47. The van der Waals surface area contributed by atoms with Crippen molar-refractivity contribution in [2.75, 3.05) is 13.7 Å². The third-order valence-corrected chi connectivity index (χ3v) is 6.97. The molecule has 0 fully saturated rings. The number of ether oxygens (including phenoxy) is 1. The minimum atomic E-state index is -0.837. The molecule has 3 atom stereocenters. The van der Waals surface area contributed by atoms with Crippen LogP contribution in [0.5, 0.6) is 5.88 Å². The van der Waals surface area contributed by atoms with Gasteiger partial charge in [-0.15, -0.1) is 5.11 Å². The molecule has 4 rings (SSSR count). The topological polar surface area (TPSA) is 104 Å². The molecule has 1 aliphatic carbocycles. The van der Waals surface area contributed by atoms with Crippen molar-refractivity contribution in [2.45, 2.75) is 52.0 Å². The van der Waals surface area contributed by atoms with Gasteiger partial charge in [-0.1, -0.05) is 26.0 Å². The Morgan fingerprint density at radius 1 is 1.31 bits per heavy atom. The third kappa shape index (κ3) is 4.59. The lowest BCUT2D eigenvalue weighted by molar-refractivity contribution is 0.0539. The van der Waals surface area contributed by atoms with E-state index in [9.17, 15) is 9.18 Å². The van der Waals surface area contributed by atoms with E-state index < -0.39 is 5.41 Å². The van der Waals surface area contributed by atoms with Crippen molar-refractivity contribution in [3.8, 4) is 5.88 Å². The molecule has 9 heteroatoms. The van der Waals surface area contributed by atoms with Gasteiger partial charge in [0, 0.05) is 36.4 Å². The molecule has 3 heterocycles. The van der Waals surface area contributed by atoms with Crippen LogP contribution >= 0.6 is 0 Å². The van der Waals surface area contributed by atoms with Crippen LogP contribution in [0, 0.1) is 24.3 Å². The molecule has 1 aliphatic heterocycles. The normalized spacial score (nSPS) is 23.8. The van der Waals surface area contributed by atoms with E-state index in [0.29, 0.717) is 47.4 Å². The zero-order valence-corrected chi connectivity index (χ0v) is 20.7. The Kier molecular flexibility index (Phi) is 6.78. The van der Waals surface area contributed by atoms with Crippen molar-refractivity contribution in [1.82, 2.24) is 19.9 Å². The van der Waals surface area contributed by atoms with E-state index in [0.717, 1.165) is 6.42 Å². The van der Waals surface area contributed by atoms with Crippen LogP contribution in [0.1, 0.15) is 54.6 Å². The SMILES string of the molecule is COc1cccc(C2(C)C=C(F)C=CC2[C@H]2Cc3nc(N=N)nc(C)c3C(=O)N2CCC(C)C)n1. The van der Waals surface area contributed by atoms with E-state index in [1.807, 2.05) is 30.0 Å². The second-order valence-corrected chi connectivity index (χ2v) is 9.76. The lowest BCUT2D eigenvalue weighted by Gasteiger charge is -2.46. The summed E-state index contributed by atoms with van der Waals surface area (Å²) in [7, 11) is 1.55. The zero-order chi connectivity index (χ0) is 25.3. The van der Waals surface area contributed by atoms with Crippen molar-refractivity contribution >= 4 is 11.9 Å². The molecular weight excluding hydrogens is 447 g/mol. The van der Waals surface area contributed by atoms with E-state index >= 15 is 0 Å². The number of hydrogen-bond acceptors (Lipinski definition) is 7. The summed E-state index contributed by atoms with van der Waals surface area (Å²) in [6.45, 7) is 8.49. The Morgan fingerprint density at radius 2 is 2.09 bits per heavy atom. The van der Waals surface area contributed by atoms with Crippen LogP contribution in [-0.4, -0.2) is 45.5 Å². The molecule has 2 unspecified atom stereocenters. The molecule has 0 saturated heterocycles. The average molecular weight is 479 g/mol. The number of amides is 1. The Hall–Kier alpha value is -3.49. The number of nitrogens with zero attached hydrogens (tertiary/aromatic N) is 5. The quantitative estimate of drug-likeness (QED) is 0.547. The van der Waals surface area contributed by atoms with Crippen LogP contribution in [0.15, 0.2) is 47.4 Å². The highest BCUT2D eigenvalue weighted by molar-refractivity contribution is 5.97. The minimum Gasteiger partial charge on any atom is -0.481 e. The van der Waals surface area contributed by atoms with Crippen LogP contribution in [0.2, 0.25) is 0 Å². The Balaban J connectivity index is 1.85. The second kappa shape index (κ2) is 9.64. The summed E-state index contributed by atoms with van der Waals surface area (Å²) in [5.41, 5.74) is 8.75. The Labute approximate surface area is 204 Å².